The van der Waals surface area contributed by atoms with Gasteiger partial charge in [0.15, 0.2) is 0 Å². The molecule has 2 aromatic rings. The van der Waals surface area contributed by atoms with Crippen LogP contribution in [0.15, 0.2) is 48.5 Å². The fourth-order valence-corrected chi connectivity index (χ4v) is 8.94. The molecule has 3 saturated carbocycles. The monoisotopic (exact) mass is 472 g/mol. The lowest BCUT2D eigenvalue weighted by atomic mass is 9.49. The molecule has 0 saturated heterocycles. The summed E-state index contributed by atoms with van der Waals surface area (Å²) in [4.78, 5) is 12.4. The molecular formula is C32H40O3. The van der Waals surface area contributed by atoms with Crippen LogP contribution in [0.2, 0.25) is 0 Å². The average Bonchev–Trinajstić information content (AvgIpc) is 3.09. The van der Waals surface area contributed by atoms with Crippen LogP contribution >= 0.6 is 0 Å². The first-order valence-corrected chi connectivity index (χ1v) is 14.0. The van der Waals surface area contributed by atoms with E-state index in [0.717, 1.165) is 37.9 Å². The zero-order chi connectivity index (χ0) is 24.2. The molecule has 2 aromatic carbocycles. The number of fused-ring (bicyclic) bond motifs is 7. The van der Waals surface area contributed by atoms with Gasteiger partial charge in [0.05, 0.1) is 5.60 Å². The van der Waals surface area contributed by atoms with Crippen LogP contribution < -0.4 is 4.74 Å². The number of hydrogen-bond donors (Lipinski definition) is 1. The molecule has 4 aliphatic carbocycles. The van der Waals surface area contributed by atoms with E-state index in [-0.39, 0.29) is 11.2 Å². The van der Waals surface area contributed by atoms with Gasteiger partial charge in [0, 0.05) is 18.3 Å². The second-order valence-corrected chi connectivity index (χ2v) is 12.2. The highest BCUT2D eigenvalue weighted by molar-refractivity contribution is 5.80. The molecule has 3 nitrogen and oxygen atoms in total. The van der Waals surface area contributed by atoms with Crippen molar-refractivity contribution in [2.75, 3.05) is 0 Å². The van der Waals surface area contributed by atoms with Gasteiger partial charge in [0.1, 0.15) is 18.1 Å². The van der Waals surface area contributed by atoms with E-state index < -0.39 is 5.60 Å². The number of rotatable bonds is 5. The van der Waals surface area contributed by atoms with Crippen molar-refractivity contribution in [1.82, 2.24) is 0 Å². The maximum absolute atomic E-state index is 12.4. The van der Waals surface area contributed by atoms with Crippen molar-refractivity contribution in [2.45, 2.75) is 89.8 Å². The normalized spacial score (nSPS) is 37.7. The Morgan fingerprint density at radius 1 is 1.11 bits per heavy atom. The summed E-state index contributed by atoms with van der Waals surface area (Å²) in [6.45, 7) is 5.25. The Morgan fingerprint density at radius 3 is 2.74 bits per heavy atom. The summed E-state index contributed by atoms with van der Waals surface area (Å²) in [6.07, 6.45) is 8.75. The Labute approximate surface area is 210 Å². The number of ether oxygens (including phenoxy) is 1. The molecule has 7 atom stereocenters. The second-order valence-electron chi connectivity index (χ2n) is 12.2. The molecule has 6 rings (SSSR count). The van der Waals surface area contributed by atoms with E-state index in [4.69, 9.17) is 4.74 Å². The van der Waals surface area contributed by atoms with Gasteiger partial charge in [0.25, 0.3) is 0 Å². The summed E-state index contributed by atoms with van der Waals surface area (Å²) in [5, 5.41) is 12.0. The number of Topliss-reactive ketones (excluding diaryl/α,β-unsaturated/α-hetero) is 1. The minimum absolute atomic E-state index is 0.128. The minimum atomic E-state index is -0.788. The van der Waals surface area contributed by atoms with E-state index in [1.54, 1.807) is 0 Å². The van der Waals surface area contributed by atoms with Crippen LogP contribution in [0.4, 0.5) is 0 Å². The van der Waals surface area contributed by atoms with E-state index in [9.17, 15) is 9.90 Å². The molecule has 1 N–H and O–H groups in total. The Morgan fingerprint density at radius 2 is 1.94 bits per heavy atom. The molecule has 35 heavy (non-hydrogen) atoms. The van der Waals surface area contributed by atoms with Crippen LogP contribution in [0.3, 0.4) is 0 Å². The fourth-order valence-electron chi connectivity index (χ4n) is 8.94. The predicted octanol–water partition coefficient (Wildman–Crippen LogP) is 6.86. The minimum Gasteiger partial charge on any atom is -0.489 e. The molecule has 3 heteroatoms. The van der Waals surface area contributed by atoms with Gasteiger partial charge in [-0.25, -0.2) is 0 Å². The summed E-state index contributed by atoms with van der Waals surface area (Å²) in [5.74, 6) is 3.88. The molecule has 0 aliphatic heterocycles. The number of benzene rings is 2. The van der Waals surface area contributed by atoms with Crippen molar-refractivity contribution in [3.63, 3.8) is 0 Å². The number of hydrogen-bond acceptors (Lipinski definition) is 3. The lowest BCUT2D eigenvalue weighted by Crippen LogP contribution is -2.56. The molecule has 0 bridgehead atoms. The SMILES string of the molecule is CCC[C@@H]1Cc2cc(OCc3ccccc3)ccc2C2CC[C@@]3(C)C(C[C@H]4CCC(=O)C[C@]43O)C21. The Bertz CT molecular complexity index is 1090. The van der Waals surface area contributed by atoms with Gasteiger partial charge in [-0.05, 0) is 90.5 Å². The number of carbonyl (C=O) groups excluding carboxylic acids is 1. The molecule has 0 radical (unpaired) electrons. The molecular weight excluding hydrogens is 432 g/mol. The third-order valence-corrected chi connectivity index (χ3v) is 10.6. The van der Waals surface area contributed by atoms with Crippen LogP contribution in [0.1, 0.15) is 87.8 Å². The maximum atomic E-state index is 12.4. The van der Waals surface area contributed by atoms with Crippen molar-refractivity contribution < 1.29 is 14.6 Å². The van der Waals surface area contributed by atoms with Gasteiger partial charge >= 0.3 is 0 Å². The van der Waals surface area contributed by atoms with Gasteiger partial charge in [-0.1, -0.05) is 63.1 Å². The molecule has 4 aliphatic rings. The Hall–Kier alpha value is -2.13. The van der Waals surface area contributed by atoms with E-state index >= 15 is 0 Å². The summed E-state index contributed by atoms with van der Waals surface area (Å²) in [5.41, 5.74) is 3.28. The molecule has 0 aromatic heterocycles. The van der Waals surface area contributed by atoms with Crippen molar-refractivity contribution in [3.8, 4) is 5.75 Å². The summed E-state index contributed by atoms with van der Waals surface area (Å²) >= 11 is 0. The second kappa shape index (κ2) is 8.76. The number of ketones is 1. The van der Waals surface area contributed by atoms with E-state index in [1.165, 1.54) is 29.5 Å². The smallest absolute Gasteiger partial charge is 0.135 e. The zero-order valence-electron chi connectivity index (χ0n) is 21.3. The average molecular weight is 473 g/mol. The zero-order valence-corrected chi connectivity index (χ0v) is 21.3. The molecule has 0 spiro atoms. The molecule has 0 amide bonds. The topological polar surface area (TPSA) is 46.5 Å². The Kier molecular flexibility index (Phi) is 5.83. The van der Waals surface area contributed by atoms with Crippen LogP contribution in [-0.2, 0) is 17.8 Å². The van der Waals surface area contributed by atoms with Crippen LogP contribution in [-0.4, -0.2) is 16.5 Å². The van der Waals surface area contributed by atoms with Crippen molar-refractivity contribution >= 4 is 5.78 Å². The van der Waals surface area contributed by atoms with Gasteiger partial charge in [0.2, 0.25) is 0 Å². The van der Waals surface area contributed by atoms with Crippen molar-refractivity contribution in [3.05, 3.63) is 65.2 Å². The third kappa shape index (κ3) is 3.68. The van der Waals surface area contributed by atoms with Crippen molar-refractivity contribution in [2.24, 2.45) is 29.1 Å². The first-order chi connectivity index (χ1) is 16.9. The molecule has 186 valence electrons. The molecule has 3 fully saturated rings. The van der Waals surface area contributed by atoms with E-state index in [0.29, 0.717) is 49.0 Å². The van der Waals surface area contributed by atoms with Gasteiger partial charge in [-0.3, -0.25) is 4.79 Å². The Balaban J connectivity index is 1.30. The van der Waals surface area contributed by atoms with E-state index in [1.807, 2.05) is 6.07 Å². The summed E-state index contributed by atoms with van der Waals surface area (Å²) in [7, 11) is 0. The first kappa shape index (κ1) is 23.3. The lowest BCUT2D eigenvalue weighted by molar-refractivity contribution is -0.156. The molecule has 0 heterocycles. The van der Waals surface area contributed by atoms with Gasteiger partial charge in [-0.15, -0.1) is 0 Å². The van der Waals surface area contributed by atoms with Gasteiger partial charge in [-0.2, -0.15) is 0 Å². The highest BCUT2D eigenvalue weighted by Crippen LogP contribution is 2.69. The predicted molar refractivity (Wildman–Crippen MR) is 138 cm³/mol. The maximum Gasteiger partial charge on any atom is 0.135 e. The van der Waals surface area contributed by atoms with Crippen molar-refractivity contribution in [1.29, 1.82) is 0 Å². The van der Waals surface area contributed by atoms with E-state index in [2.05, 4.69) is 56.3 Å². The van der Waals surface area contributed by atoms with Crippen LogP contribution in [0.25, 0.3) is 0 Å². The quantitative estimate of drug-likeness (QED) is 0.517. The third-order valence-electron chi connectivity index (χ3n) is 10.6. The largest absolute Gasteiger partial charge is 0.489 e. The highest BCUT2D eigenvalue weighted by Gasteiger charge is 2.67. The van der Waals surface area contributed by atoms with Crippen LogP contribution in [0, 0.1) is 29.1 Å². The number of carbonyl (C=O) groups is 1. The summed E-state index contributed by atoms with van der Waals surface area (Å²) in [6, 6.07) is 17.2. The van der Waals surface area contributed by atoms with Gasteiger partial charge < -0.3 is 9.84 Å². The highest BCUT2D eigenvalue weighted by atomic mass is 16.5. The fraction of sp³-hybridized carbons (Fsp3) is 0.594. The van der Waals surface area contributed by atoms with Crippen LogP contribution in [0.5, 0.6) is 5.75 Å². The number of aliphatic hydroxyl groups is 1. The molecule has 3 unspecified atom stereocenters. The lowest BCUT2D eigenvalue weighted by Gasteiger charge is -2.56. The standard InChI is InChI=1S/C32H40O3/c1-3-7-22-16-23-17-26(35-20-21-8-5-4-6-9-21)12-13-27(23)28-14-15-31(2)29(30(22)28)18-24-10-11-25(33)19-32(24,31)34/h4-6,8-9,12-13,17,22,24,28-30,34H,3,7,10-11,14-16,18-20H2,1-2H3/t22-,24-,28?,29?,30?,31+,32+/m1/s1. The summed E-state index contributed by atoms with van der Waals surface area (Å²) < 4.78 is 6.20. The first-order valence-electron chi connectivity index (χ1n) is 14.0.